The summed E-state index contributed by atoms with van der Waals surface area (Å²) in [5, 5.41) is 8.59. The largest absolute Gasteiger partial charge is 0.464 e. The van der Waals surface area contributed by atoms with Crippen molar-refractivity contribution in [2.24, 2.45) is 5.92 Å². The predicted molar refractivity (Wildman–Crippen MR) is 38.7 cm³/mol. The van der Waals surface area contributed by atoms with Crippen LogP contribution in [0.3, 0.4) is 0 Å². The van der Waals surface area contributed by atoms with Crippen LogP contribution >= 0.6 is 0 Å². The topological polar surface area (TPSA) is 78.7 Å². The predicted octanol–water partition coefficient (Wildman–Crippen LogP) is 0.394. The Balaban J connectivity index is 3.40. The highest BCUT2D eigenvalue weighted by Gasteiger charge is 2.06. The van der Waals surface area contributed by atoms with E-state index >= 15 is 0 Å². The fraction of sp³-hybridized carbons (Fsp3) is 0.833. The number of carbonyl (C=O) groups excluding carboxylic acids is 1. The molecule has 0 radical (unpaired) electrons. The summed E-state index contributed by atoms with van der Waals surface area (Å²) in [6.45, 7) is 3.34. The maximum atomic E-state index is 10.6. The van der Waals surface area contributed by atoms with Crippen LogP contribution in [0.5, 0.6) is 0 Å². The average Bonchev–Trinajstić information content (AvgIpc) is 1.96. The Bertz CT molecular complexity index is 167. The third-order valence-corrected chi connectivity index (χ3v) is 0.865. The maximum absolute atomic E-state index is 10.6. The van der Waals surface area contributed by atoms with Crippen LogP contribution < -0.4 is 0 Å². The van der Waals surface area contributed by atoms with Crippen LogP contribution in [0.15, 0.2) is 0 Å². The minimum Gasteiger partial charge on any atom is -0.464 e. The van der Waals surface area contributed by atoms with E-state index in [0.29, 0.717) is 0 Å². The van der Waals surface area contributed by atoms with E-state index in [0.717, 1.165) is 0 Å². The summed E-state index contributed by atoms with van der Waals surface area (Å²) >= 11 is 0. The molecular weight excluding hydrogens is 166 g/mol. The van der Waals surface area contributed by atoms with Crippen molar-refractivity contribution in [3.63, 3.8) is 0 Å². The van der Waals surface area contributed by atoms with Gasteiger partial charge in [-0.25, -0.2) is 4.79 Å². The average molecular weight is 177 g/mol. The molecule has 0 N–H and O–H groups in total. The standard InChI is InChI=1S/C6H11NO5/c1-5(2)3-11-6(8)4-12-7(9)10/h5H,3-4H2,1-2H3. The van der Waals surface area contributed by atoms with E-state index in [2.05, 4.69) is 9.57 Å². The van der Waals surface area contributed by atoms with Gasteiger partial charge in [0.05, 0.1) is 6.61 Å². The SMILES string of the molecule is CC(C)COC(=O)CO[N+](=O)[O-]. The normalized spacial score (nSPS) is 9.58. The molecule has 0 aromatic carbocycles. The molecule has 0 atom stereocenters. The molecule has 0 bridgehead atoms. The zero-order chi connectivity index (χ0) is 9.56. The van der Waals surface area contributed by atoms with Gasteiger partial charge in [-0.3, -0.25) is 0 Å². The van der Waals surface area contributed by atoms with Gasteiger partial charge in [-0.05, 0) is 5.92 Å². The second kappa shape index (κ2) is 5.34. The second-order valence-electron chi connectivity index (χ2n) is 2.57. The molecule has 0 rings (SSSR count). The quantitative estimate of drug-likeness (QED) is 0.345. The number of nitrogens with zero attached hydrogens (tertiary/aromatic N) is 1. The number of hydrogen-bond acceptors (Lipinski definition) is 5. The van der Waals surface area contributed by atoms with Crippen LogP contribution in [0.2, 0.25) is 0 Å². The highest BCUT2D eigenvalue weighted by atomic mass is 17.0. The van der Waals surface area contributed by atoms with Gasteiger partial charge in [0.2, 0.25) is 0 Å². The summed E-state index contributed by atoms with van der Waals surface area (Å²) in [5.74, 6) is -0.509. The van der Waals surface area contributed by atoms with Crippen molar-refractivity contribution in [2.75, 3.05) is 13.2 Å². The summed E-state index contributed by atoms with van der Waals surface area (Å²) < 4.78 is 4.59. The fourth-order valence-electron chi connectivity index (χ4n) is 0.407. The van der Waals surface area contributed by atoms with Crippen molar-refractivity contribution < 1.29 is 19.5 Å². The monoisotopic (exact) mass is 177 g/mol. The van der Waals surface area contributed by atoms with Gasteiger partial charge in [-0.15, -0.1) is 10.1 Å². The van der Waals surface area contributed by atoms with Crippen molar-refractivity contribution in [2.45, 2.75) is 13.8 Å². The van der Waals surface area contributed by atoms with Crippen LogP contribution in [0, 0.1) is 16.0 Å². The van der Waals surface area contributed by atoms with Crippen LogP contribution in [-0.2, 0) is 14.4 Å². The van der Waals surface area contributed by atoms with E-state index in [1.54, 1.807) is 0 Å². The summed E-state index contributed by atoms with van der Waals surface area (Å²) in [6, 6.07) is 0. The molecule has 12 heavy (non-hydrogen) atoms. The third-order valence-electron chi connectivity index (χ3n) is 0.865. The van der Waals surface area contributed by atoms with Gasteiger partial charge in [0.15, 0.2) is 6.61 Å². The second-order valence-corrected chi connectivity index (χ2v) is 2.57. The molecule has 0 amide bonds. The first-order valence-electron chi connectivity index (χ1n) is 3.45. The molecule has 6 heteroatoms. The first-order chi connectivity index (χ1) is 5.52. The van der Waals surface area contributed by atoms with Crippen molar-refractivity contribution in [1.29, 1.82) is 0 Å². The Morgan fingerprint density at radius 2 is 2.17 bits per heavy atom. The van der Waals surface area contributed by atoms with Crippen molar-refractivity contribution in [3.05, 3.63) is 10.1 Å². The van der Waals surface area contributed by atoms with Crippen LogP contribution in [0.25, 0.3) is 0 Å². The lowest BCUT2D eigenvalue weighted by Crippen LogP contribution is -2.17. The van der Waals surface area contributed by atoms with Crippen molar-refractivity contribution in [1.82, 2.24) is 0 Å². The van der Waals surface area contributed by atoms with Crippen molar-refractivity contribution >= 4 is 5.97 Å². The molecule has 0 saturated heterocycles. The zero-order valence-corrected chi connectivity index (χ0v) is 6.98. The summed E-state index contributed by atoms with van der Waals surface area (Å²) in [6.07, 6.45) is 0. The molecule has 0 aromatic heterocycles. The zero-order valence-electron chi connectivity index (χ0n) is 6.98. The van der Waals surface area contributed by atoms with E-state index in [1.165, 1.54) is 0 Å². The highest BCUT2D eigenvalue weighted by molar-refractivity contribution is 5.70. The number of esters is 1. The smallest absolute Gasteiger partial charge is 0.332 e. The summed E-state index contributed by atoms with van der Waals surface area (Å²) in [7, 11) is 0. The third kappa shape index (κ3) is 6.79. The number of hydrogen-bond donors (Lipinski definition) is 0. The van der Waals surface area contributed by atoms with Crippen LogP contribution in [-0.4, -0.2) is 24.3 Å². The van der Waals surface area contributed by atoms with E-state index in [1.807, 2.05) is 13.8 Å². The van der Waals surface area contributed by atoms with Gasteiger partial charge in [0, 0.05) is 0 Å². The molecule has 0 aliphatic heterocycles. The van der Waals surface area contributed by atoms with E-state index in [4.69, 9.17) is 0 Å². The Hall–Kier alpha value is -1.33. The molecule has 0 aliphatic carbocycles. The minimum atomic E-state index is -1.03. The van der Waals surface area contributed by atoms with Crippen LogP contribution in [0.4, 0.5) is 0 Å². The van der Waals surface area contributed by atoms with Crippen molar-refractivity contribution in [3.8, 4) is 0 Å². The lowest BCUT2D eigenvalue weighted by molar-refractivity contribution is -0.754. The van der Waals surface area contributed by atoms with E-state index < -0.39 is 17.7 Å². The highest BCUT2D eigenvalue weighted by Crippen LogP contribution is 1.92. The molecule has 70 valence electrons. The molecule has 0 spiro atoms. The van der Waals surface area contributed by atoms with Gasteiger partial charge >= 0.3 is 5.97 Å². The maximum Gasteiger partial charge on any atom is 0.332 e. The van der Waals surface area contributed by atoms with E-state index in [9.17, 15) is 14.9 Å². The minimum absolute atomic E-state index is 0.213. The van der Waals surface area contributed by atoms with Crippen LogP contribution in [0.1, 0.15) is 13.8 Å². The lowest BCUT2D eigenvalue weighted by atomic mass is 10.2. The van der Waals surface area contributed by atoms with Gasteiger partial charge in [-0.1, -0.05) is 13.8 Å². The Kier molecular flexibility index (Phi) is 4.75. The lowest BCUT2D eigenvalue weighted by Gasteiger charge is -2.05. The van der Waals surface area contributed by atoms with Gasteiger partial charge < -0.3 is 9.57 Å². The molecule has 0 aromatic rings. The number of rotatable bonds is 5. The Labute approximate surface area is 69.6 Å². The first-order valence-corrected chi connectivity index (χ1v) is 3.45. The molecule has 0 saturated carbocycles. The first kappa shape index (κ1) is 10.7. The number of carbonyl (C=O) groups is 1. The molecule has 0 aliphatic rings. The summed E-state index contributed by atoms with van der Waals surface area (Å²) in [4.78, 5) is 24.0. The molecule has 0 unspecified atom stereocenters. The van der Waals surface area contributed by atoms with E-state index in [-0.39, 0.29) is 12.5 Å². The molecular formula is C6H11NO5. The van der Waals surface area contributed by atoms with Gasteiger partial charge in [-0.2, -0.15) is 0 Å². The summed E-state index contributed by atoms with van der Waals surface area (Å²) in [5.41, 5.74) is 0. The number of ether oxygens (including phenoxy) is 1. The molecule has 0 fully saturated rings. The molecule has 0 heterocycles. The fourth-order valence-corrected chi connectivity index (χ4v) is 0.407. The van der Waals surface area contributed by atoms with Gasteiger partial charge in [0.25, 0.3) is 5.09 Å². The van der Waals surface area contributed by atoms with Gasteiger partial charge in [0.1, 0.15) is 0 Å². The Morgan fingerprint density at radius 3 is 2.58 bits per heavy atom. The Morgan fingerprint density at radius 1 is 1.58 bits per heavy atom. The molecule has 6 nitrogen and oxygen atoms in total.